The first-order valence-corrected chi connectivity index (χ1v) is 11.8. The number of ether oxygens (including phenoxy) is 2. The lowest BCUT2D eigenvalue weighted by Crippen LogP contribution is -2.51. The largest absolute Gasteiger partial charge is 0.468 e. The Morgan fingerprint density at radius 1 is 0.917 bits per heavy atom. The minimum atomic E-state index is -0.727. The predicted octanol–water partition coefficient (Wildman–Crippen LogP) is 2.44. The molecule has 2 aromatic carbocycles. The Hall–Kier alpha value is -4.05. The van der Waals surface area contributed by atoms with E-state index in [2.05, 4.69) is 15.5 Å². The van der Waals surface area contributed by atoms with Crippen LogP contribution in [-0.2, 0) is 16.1 Å². The number of hydrogen-bond donors (Lipinski definition) is 2. The van der Waals surface area contributed by atoms with Crippen LogP contribution in [0.2, 0.25) is 0 Å². The molecule has 36 heavy (non-hydrogen) atoms. The molecule has 0 radical (unpaired) electrons. The van der Waals surface area contributed by atoms with Gasteiger partial charge in [-0.05, 0) is 42.0 Å². The highest BCUT2D eigenvalue weighted by atomic mass is 19.1. The molecule has 2 aliphatic heterocycles. The second-order valence-electron chi connectivity index (χ2n) is 8.59. The van der Waals surface area contributed by atoms with Crippen molar-refractivity contribution in [1.82, 2.24) is 15.5 Å². The number of nitrogens with one attached hydrogen (secondary N) is 2. The number of nitrogens with zero attached hydrogens (tertiary/aromatic N) is 2. The van der Waals surface area contributed by atoms with Crippen molar-refractivity contribution in [3.05, 3.63) is 78.0 Å². The summed E-state index contributed by atoms with van der Waals surface area (Å²) in [4.78, 5) is 29.1. The van der Waals surface area contributed by atoms with E-state index in [4.69, 9.17) is 13.9 Å². The van der Waals surface area contributed by atoms with Crippen LogP contribution in [0.1, 0.15) is 17.4 Å². The van der Waals surface area contributed by atoms with Gasteiger partial charge >= 0.3 is 11.8 Å². The molecule has 10 heteroatoms. The minimum Gasteiger partial charge on any atom is -0.468 e. The fourth-order valence-corrected chi connectivity index (χ4v) is 4.46. The van der Waals surface area contributed by atoms with Gasteiger partial charge in [-0.1, -0.05) is 18.2 Å². The molecular weight excluding hydrogens is 467 g/mol. The van der Waals surface area contributed by atoms with Crippen molar-refractivity contribution in [2.75, 3.05) is 44.4 Å². The third-order valence-electron chi connectivity index (χ3n) is 6.37. The van der Waals surface area contributed by atoms with Crippen LogP contribution < -0.4 is 25.0 Å². The molecule has 1 unspecified atom stereocenters. The molecular formula is C26H27FN4O5. The maximum absolute atomic E-state index is 14.2. The lowest BCUT2D eigenvalue weighted by Gasteiger charge is -2.39. The normalized spacial score (nSPS) is 16.0. The molecule has 188 valence electrons. The summed E-state index contributed by atoms with van der Waals surface area (Å²) in [6.07, 6.45) is 1.58. The summed E-state index contributed by atoms with van der Waals surface area (Å²) in [5, 5.41) is 5.36. The fourth-order valence-electron chi connectivity index (χ4n) is 4.46. The topological polar surface area (TPSA) is 96.3 Å². The Balaban J connectivity index is 1.15. The molecule has 2 N–H and O–H groups in total. The second-order valence-corrected chi connectivity index (χ2v) is 8.59. The Morgan fingerprint density at radius 3 is 2.47 bits per heavy atom. The number of benzene rings is 2. The maximum Gasteiger partial charge on any atom is 0.309 e. The molecule has 3 aromatic rings. The van der Waals surface area contributed by atoms with Gasteiger partial charge in [-0.15, -0.1) is 0 Å². The maximum atomic E-state index is 14.2. The number of halogens is 1. The van der Waals surface area contributed by atoms with Gasteiger partial charge in [0.25, 0.3) is 0 Å². The highest BCUT2D eigenvalue weighted by Crippen LogP contribution is 2.32. The van der Waals surface area contributed by atoms with Gasteiger partial charge in [-0.3, -0.25) is 14.5 Å². The summed E-state index contributed by atoms with van der Waals surface area (Å²) in [5.41, 5.74) is 1.38. The standard InChI is InChI=1S/C26H27FN4O5/c27-19-4-1-2-5-20(19)30-9-11-31(12-10-30)21(22-6-3-13-34-22)16-29-26(33)25(32)28-15-18-7-8-23-24(14-18)36-17-35-23/h1-8,13-14,21H,9-12,15-17H2,(H,28,32)(H,29,33). The van der Waals surface area contributed by atoms with E-state index in [1.165, 1.54) is 6.07 Å². The van der Waals surface area contributed by atoms with Crippen LogP contribution >= 0.6 is 0 Å². The molecule has 0 spiro atoms. The third kappa shape index (κ3) is 5.28. The van der Waals surface area contributed by atoms with Crippen molar-refractivity contribution in [1.29, 1.82) is 0 Å². The minimum absolute atomic E-state index is 0.169. The number of carbonyl (C=O) groups is 2. The number of carbonyl (C=O) groups excluding carboxylic acids is 2. The number of amides is 2. The highest BCUT2D eigenvalue weighted by molar-refractivity contribution is 6.35. The van der Waals surface area contributed by atoms with Gasteiger partial charge in [0.15, 0.2) is 11.5 Å². The molecule has 9 nitrogen and oxygen atoms in total. The first-order valence-electron chi connectivity index (χ1n) is 11.8. The molecule has 1 aromatic heterocycles. The van der Waals surface area contributed by atoms with Crippen LogP contribution in [0.4, 0.5) is 10.1 Å². The van der Waals surface area contributed by atoms with Crippen molar-refractivity contribution in [3.8, 4) is 11.5 Å². The van der Waals surface area contributed by atoms with Crippen molar-refractivity contribution in [3.63, 3.8) is 0 Å². The van der Waals surface area contributed by atoms with Crippen LogP contribution in [-0.4, -0.2) is 56.2 Å². The molecule has 5 rings (SSSR count). The van der Waals surface area contributed by atoms with E-state index in [-0.39, 0.29) is 31.7 Å². The van der Waals surface area contributed by atoms with Crippen molar-refractivity contribution in [2.24, 2.45) is 0 Å². The smallest absolute Gasteiger partial charge is 0.309 e. The number of anilines is 1. The highest BCUT2D eigenvalue weighted by Gasteiger charge is 2.29. The Bertz CT molecular complexity index is 1210. The van der Waals surface area contributed by atoms with E-state index in [0.29, 0.717) is 49.1 Å². The summed E-state index contributed by atoms with van der Waals surface area (Å²) in [7, 11) is 0. The zero-order valence-electron chi connectivity index (χ0n) is 19.6. The van der Waals surface area contributed by atoms with Crippen LogP contribution in [0, 0.1) is 5.82 Å². The molecule has 0 saturated carbocycles. The molecule has 1 atom stereocenters. The molecule has 2 amide bonds. The number of para-hydroxylation sites is 1. The van der Waals surface area contributed by atoms with E-state index in [9.17, 15) is 14.0 Å². The quantitative estimate of drug-likeness (QED) is 0.487. The summed E-state index contributed by atoms with van der Waals surface area (Å²) in [6.45, 7) is 3.09. The molecule has 1 saturated heterocycles. The van der Waals surface area contributed by atoms with Gasteiger partial charge in [0.1, 0.15) is 11.6 Å². The average molecular weight is 495 g/mol. The van der Waals surface area contributed by atoms with E-state index >= 15 is 0 Å². The first kappa shape index (κ1) is 23.7. The number of fused-ring (bicyclic) bond motifs is 1. The van der Waals surface area contributed by atoms with Gasteiger partial charge < -0.3 is 29.4 Å². The zero-order chi connectivity index (χ0) is 24.9. The van der Waals surface area contributed by atoms with Gasteiger partial charge in [0.05, 0.1) is 18.0 Å². The molecule has 1 fully saturated rings. The SMILES string of the molecule is O=C(NCc1ccc2c(c1)OCO2)C(=O)NCC(c1ccco1)N1CCN(c2ccccc2F)CC1. The molecule has 0 bridgehead atoms. The summed E-state index contributed by atoms with van der Waals surface area (Å²) in [6, 6.07) is 15.5. The zero-order valence-corrected chi connectivity index (χ0v) is 19.6. The molecule has 3 heterocycles. The number of piperazine rings is 1. The monoisotopic (exact) mass is 494 g/mol. The Kier molecular flexibility index (Phi) is 7.03. The van der Waals surface area contributed by atoms with Crippen LogP contribution in [0.3, 0.4) is 0 Å². The molecule has 0 aliphatic carbocycles. The van der Waals surface area contributed by atoms with Gasteiger partial charge in [0, 0.05) is 39.3 Å². The lowest BCUT2D eigenvalue weighted by atomic mass is 10.1. The number of rotatable bonds is 7. The van der Waals surface area contributed by atoms with Gasteiger partial charge in [-0.2, -0.15) is 0 Å². The Morgan fingerprint density at radius 2 is 1.69 bits per heavy atom. The average Bonchev–Trinajstić information content (AvgIpc) is 3.60. The van der Waals surface area contributed by atoms with E-state index in [1.54, 1.807) is 42.7 Å². The second kappa shape index (κ2) is 10.7. The van der Waals surface area contributed by atoms with Crippen molar-refractivity contribution in [2.45, 2.75) is 12.6 Å². The van der Waals surface area contributed by atoms with Crippen LogP contribution in [0.25, 0.3) is 0 Å². The number of furan rings is 1. The predicted molar refractivity (Wildman–Crippen MR) is 129 cm³/mol. The van der Waals surface area contributed by atoms with Gasteiger partial charge in [0.2, 0.25) is 6.79 Å². The van der Waals surface area contributed by atoms with Crippen molar-refractivity contribution < 1.29 is 27.9 Å². The molecule has 2 aliphatic rings. The number of hydrogen-bond acceptors (Lipinski definition) is 7. The van der Waals surface area contributed by atoms with E-state index < -0.39 is 11.8 Å². The van der Waals surface area contributed by atoms with E-state index in [0.717, 1.165) is 5.56 Å². The third-order valence-corrected chi connectivity index (χ3v) is 6.37. The van der Waals surface area contributed by atoms with Crippen LogP contribution in [0.15, 0.2) is 65.3 Å². The summed E-state index contributed by atoms with van der Waals surface area (Å²) in [5.74, 6) is 0.264. The van der Waals surface area contributed by atoms with Gasteiger partial charge in [-0.25, -0.2) is 4.39 Å². The summed E-state index contributed by atoms with van der Waals surface area (Å²) < 4.78 is 30.4. The van der Waals surface area contributed by atoms with E-state index in [1.807, 2.05) is 17.0 Å². The van der Waals surface area contributed by atoms with Crippen LogP contribution in [0.5, 0.6) is 11.5 Å². The van der Waals surface area contributed by atoms with Crippen molar-refractivity contribution >= 4 is 17.5 Å². The lowest BCUT2D eigenvalue weighted by molar-refractivity contribution is -0.139. The summed E-state index contributed by atoms with van der Waals surface area (Å²) >= 11 is 0. The fraction of sp³-hybridized carbons (Fsp3) is 0.308. The first-order chi connectivity index (χ1) is 17.6. The Labute approximate surface area is 207 Å².